The molecule has 136 valence electrons. The average Bonchev–Trinajstić information content (AvgIpc) is 2.63. The maximum Gasteiger partial charge on any atom is 0.339 e. The molecule has 5 heteroatoms. The summed E-state index contributed by atoms with van der Waals surface area (Å²) in [5.74, 6) is -0.788. The maximum atomic E-state index is 13.0. The van der Waals surface area contributed by atoms with E-state index in [2.05, 4.69) is 11.9 Å². The van der Waals surface area contributed by atoms with Gasteiger partial charge in [0.25, 0.3) is 5.91 Å². The fourth-order valence-corrected chi connectivity index (χ4v) is 3.36. The molecule has 1 aromatic heterocycles. The van der Waals surface area contributed by atoms with Gasteiger partial charge in [-0.2, -0.15) is 0 Å². The molecule has 1 heterocycles. The average molecular weight is 352 g/mol. The second-order valence-corrected chi connectivity index (χ2v) is 6.72. The van der Waals surface area contributed by atoms with Gasteiger partial charge in [-0.05, 0) is 57.2 Å². The third kappa shape index (κ3) is 3.62. The van der Waals surface area contributed by atoms with Crippen LogP contribution in [0, 0.1) is 6.92 Å². The van der Waals surface area contributed by atoms with E-state index in [1.165, 1.54) is 0 Å². The first kappa shape index (κ1) is 18.1. The summed E-state index contributed by atoms with van der Waals surface area (Å²) in [6.07, 6.45) is 4.51. The topological polar surface area (TPSA) is 68.3 Å². The molecule has 0 spiro atoms. The van der Waals surface area contributed by atoms with E-state index in [4.69, 9.17) is 9.72 Å². The van der Waals surface area contributed by atoms with Gasteiger partial charge in [0.1, 0.15) is 0 Å². The van der Waals surface area contributed by atoms with Crippen molar-refractivity contribution < 1.29 is 14.3 Å². The van der Waals surface area contributed by atoms with E-state index >= 15 is 0 Å². The number of nitrogens with zero attached hydrogens (tertiary/aromatic N) is 1. The molecule has 5 nitrogen and oxygen atoms in total. The fourth-order valence-electron chi connectivity index (χ4n) is 3.36. The van der Waals surface area contributed by atoms with Crippen molar-refractivity contribution in [1.29, 1.82) is 0 Å². The summed E-state index contributed by atoms with van der Waals surface area (Å²) in [7, 11) is 0. The highest BCUT2D eigenvalue weighted by molar-refractivity contribution is 6.06. The first-order valence-electron chi connectivity index (χ1n) is 9.03. The van der Waals surface area contributed by atoms with Crippen molar-refractivity contribution in [2.45, 2.75) is 45.6 Å². The second-order valence-electron chi connectivity index (χ2n) is 6.72. The summed E-state index contributed by atoms with van der Waals surface area (Å²) in [5, 5.41) is 3.45. The van der Waals surface area contributed by atoms with E-state index in [-0.39, 0.29) is 5.91 Å². The lowest BCUT2D eigenvalue weighted by Crippen LogP contribution is -2.36. The number of rotatable bonds is 5. The van der Waals surface area contributed by atoms with Crippen molar-refractivity contribution in [3.8, 4) is 0 Å². The molecule has 1 atom stereocenters. The molecule has 1 N–H and O–H groups in total. The van der Waals surface area contributed by atoms with E-state index in [1.54, 1.807) is 13.0 Å². The van der Waals surface area contributed by atoms with E-state index in [1.807, 2.05) is 25.1 Å². The quantitative estimate of drug-likeness (QED) is 0.662. The summed E-state index contributed by atoms with van der Waals surface area (Å²) in [6, 6.07) is 5.90. The minimum absolute atomic E-state index is 0.332. The van der Waals surface area contributed by atoms with Crippen LogP contribution in [0.1, 0.15) is 46.9 Å². The Morgan fingerprint density at radius 2 is 2.12 bits per heavy atom. The van der Waals surface area contributed by atoms with Crippen LogP contribution in [0.2, 0.25) is 0 Å². The van der Waals surface area contributed by atoms with Gasteiger partial charge in [0.15, 0.2) is 6.10 Å². The Bertz CT molecular complexity index is 873. The number of pyridine rings is 1. The largest absolute Gasteiger partial charge is 0.449 e. The van der Waals surface area contributed by atoms with Crippen LogP contribution >= 0.6 is 0 Å². The zero-order valence-corrected chi connectivity index (χ0v) is 15.3. The number of nitrogens with one attached hydrogen (secondary N) is 1. The number of carbonyl (C=O) groups excluding carboxylic acids is 2. The number of aryl methyl sites for hydroxylation is 2. The number of hydrogen-bond donors (Lipinski definition) is 1. The van der Waals surface area contributed by atoms with Crippen molar-refractivity contribution in [2.75, 3.05) is 6.54 Å². The molecular weight excluding hydrogens is 328 g/mol. The van der Waals surface area contributed by atoms with Gasteiger partial charge in [-0.1, -0.05) is 17.7 Å². The van der Waals surface area contributed by atoms with Gasteiger partial charge in [0.2, 0.25) is 0 Å². The van der Waals surface area contributed by atoms with Crippen LogP contribution in [0.3, 0.4) is 0 Å². The number of esters is 1. The van der Waals surface area contributed by atoms with Crippen LogP contribution in [0.4, 0.5) is 0 Å². The molecule has 0 saturated carbocycles. The highest BCUT2D eigenvalue weighted by atomic mass is 16.5. The maximum absolute atomic E-state index is 13.0. The minimum Gasteiger partial charge on any atom is -0.449 e. The summed E-state index contributed by atoms with van der Waals surface area (Å²) < 4.78 is 5.50. The van der Waals surface area contributed by atoms with Crippen LogP contribution in [0.5, 0.6) is 0 Å². The Labute approximate surface area is 153 Å². The van der Waals surface area contributed by atoms with Crippen molar-refractivity contribution in [1.82, 2.24) is 10.3 Å². The third-order valence-electron chi connectivity index (χ3n) is 4.70. The zero-order chi connectivity index (χ0) is 18.7. The second kappa shape index (κ2) is 7.68. The van der Waals surface area contributed by atoms with Gasteiger partial charge in [0, 0.05) is 17.6 Å². The highest BCUT2D eigenvalue weighted by Crippen LogP contribution is 2.30. The van der Waals surface area contributed by atoms with Gasteiger partial charge in [0.05, 0.1) is 11.1 Å². The number of aromatic nitrogens is 1. The molecule has 26 heavy (non-hydrogen) atoms. The standard InChI is InChI=1S/C21H24N2O3/c1-4-11-22-20(24)14(3)26-21(25)19-15-7-5-6-8-17(15)23-18-10-9-13(2)12-16(18)19/h4,9-10,12,14H,1,5-8,11H2,2-3H3,(H,22,24). The molecule has 2 aromatic rings. The number of hydrogen-bond acceptors (Lipinski definition) is 4. The molecule has 0 bridgehead atoms. The Balaban J connectivity index is 1.99. The lowest BCUT2D eigenvalue weighted by molar-refractivity contribution is -0.128. The van der Waals surface area contributed by atoms with E-state index in [0.717, 1.165) is 53.4 Å². The Morgan fingerprint density at radius 3 is 2.88 bits per heavy atom. The minimum atomic E-state index is -0.866. The van der Waals surface area contributed by atoms with E-state index in [0.29, 0.717) is 12.1 Å². The van der Waals surface area contributed by atoms with Gasteiger partial charge in [-0.15, -0.1) is 6.58 Å². The van der Waals surface area contributed by atoms with E-state index in [9.17, 15) is 9.59 Å². The third-order valence-corrected chi connectivity index (χ3v) is 4.70. The molecule has 1 unspecified atom stereocenters. The molecule has 3 rings (SSSR count). The van der Waals surface area contributed by atoms with Gasteiger partial charge < -0.3 is 10.1 Å². The first-order valence-corrected chi connectivity index (χ1v) is 9.03. The number of amides is 1. The predicted molar refractivity (Wildman–Crippen MR) is 101 cm³/mol. The summed E-state index contributed by atoms with van der Waals surface area (Å²) in [6.45, 7) is 7.47. The fraction of sp³-hybridized carbons (Fsp3) is 0.381. The number of fused-ring (bicyclic) bond motifs is 2. The highest BCUT2D eigenvalue weighted by Gasteiger charge is 2.26. The predicted octanol–water partition coefficient (Wildman–Crippen LogP) is 3.27. The number of carbonyl (C=O) groups is 2. The van der Waals surface area contributed by atoms with Crippen molar-refractivity contribution in [3.63, 3.8) is 0 Å². The van der Waals surface area contributed by atoms with Crippen LogP contribution < -0.4 is 5.32 Å². The summed E-state index contributed by atoms with van der Waals surface area (Å²) in [5.41, 5.74) is 4.37. The van der Waals surface area contributed by atoms with Gasteiger partial charge >= 0.3 is 5.97 Å². The molecule has 1 aliphatic rings. The Morgan fingerprint density at radius 1 is 1.35 bits per heavy atom. The zero-order valence-electron chi connectivity index (χ0n) is 15.3. The Hall–Kier alpha value is -2.69. The number of ether oxygens (including phenoxy) is 1. The number of benzene rings is 1. The van der Waals surface area contributed by atoms with Crippen LogP contribution in [0.15, 0.2) is 30.9 Å². The first-order chi connectivity index (χ1) is 12.5. The molecule has 1 aromatic carbocycles. The molecular formula is C21H24N2O3. The lowest BCUT2D eigenvalue weighted by atomic mass is 9.89. The lowest BCUT2D eigenvalue weighted by Gasteiger charge is -2.21. The molecule has 0 saturated heterocycles. The molecule has 0 aliphatic heterocycles. The van der Waals surface area contributed by atoms with Crippen molar-refractivity contribution in [2.24, 2.45) is 0 Å². The van der Waals surface area contributed by atoms with Crippen molar-refractivity contribution in [3.05, 3.63) is 53.2 Å². The van der Waals surface area contributed by atoms with Gasteiger partial charge in [-0.3, -0.25) is 9.78 Å². The SMILES string of the molecule is C=CCNC(=O)C(C)OC(=O)c1c2c(nc3ccc(C)cc13)CCCC2. The normalized spacial score (nSPS) is 14.4. The van der Waals surface area contributed by atoms with Crippen LogP contribution in [-0.4, -0.2) is 29.5 Å². The van der Waals surface area contributed by atoms with Crippen LogP contribution in [-0.2, 0) is 22.4 Å². The van der Waals surface area contributed by atoms with Gasteiger partial charge in [-0.25, -0.2) is 4.79 Å². The molecule has 1 amide bonds. The summed E-state index contributed by atoms with van der Waals surface area (Å²) >= 11 is 0. The van der Waals surface area contributed by atoms with Crippen molar-refractivity contribution >= 4 is 22.8 Å². The van der Waals surface area contributed by atoms with E-state index < -0.39 is 12.1 Å². The smallest absolute Gasteiger partial charge is 0.339 e. The summed E-state index contributed by atoms with van der Waals surface area (Å²) in [4.78, 5) is 29.8. The molecule has 0 fully saturated rings. The molecule has 0 radical (unpaired) electrons. The monoisotopic (exact) mass is 352 g/mol. The molecule has 1 aliphatic carbocycles. The Kier molecular flexibility index (Phi) is 5.35. The van der Waals surface area contributed by atoms with Crippen LogP contribution in [0.25, 0.3) is 10.9 Å².